The third-order valence-electron chi connectivity index (χ3n) is 10.6. The summed E-state index contributed by atoms with van der Waals surface area (Å²) in [5, 5.41) is 10.0. The van der Waals surface area contributed by atoms with E-state index >= 15 is 0 Å². The number of benzene rings is 2. The fraction of sp³-hybridized carbons (Fsp3) is 0.684. The highest BCUT2D eigenvalue weighted by Gasteiger charge is 2.38. The van der Waals surface area contributed by atoms with E-state index in [1.165, 1.54) is 41.6 Å². The Morgan fingerprint density at radius 3 is 1.63 bits per heavy atom. The molecule has 0 spiro atoms. The Kier molecular flexibility index (Phi) is 11.5. The fourth-order valence-electron chi connectivity index (χ4n) is 8.25. The van der Waals surface area contributed by atoms with Crippen LogP contribution in [0, 0.1) is 11.8 Å². The molecule has 2 aromatic rings. The third kappa shape index (κ3) is 7.61. The Hall–Kier alpha value is -2.52. The van der Waals surface area contributed by atoms with Gasteiger partial charge in [0.1, 0.15) is 0 Å². The zero-order valence-electron chi connectivity index (χ0n) is 30.0. The minimum atomic E-state index is 0.261. The second-order valence-corrected chi connectivity index (χ2v) is 14.8. The van der Waals surface area contributed by atoms with Crippen LogP contribution in [0.25, 0.3) is 0 Å². The molecule has 2 fully saturated rings. The summed E-state index contributed by atoms with van der Waals surface area (Å²) in [6.07, 6.45) is 4.65. The lowest BCUT2D eigenvalue weighted by Gasteiger charge is -2.48. The van der Waals surface area contributed by atoms with E-state index in [2.05, 4.69) is 73.5 Å². The van der Waals surface area contributed by atoms with Gasteiger partial charge in [0.25, 0.3) is 0 Å². The normalized spacial score (nSPS) is 25.2. The number of nitrogens with zero attached hydrogens (tertiary/aromatic N) is 4. The average Bonchev–Trinajstić information content (AvgIpc) is 3.01. The highest BCUT2D eigenvalue weighted by molar-refractivity contribution is 5.50. The van der Waals surface area contributed by atoms with E-state index in [0.29, 0.717) is 36.5 Å². The van der Waals surface area contributed by atoms with Crippen LogP contribution in [0.15, 0.2) is 24.3 Å². The van der Waals surface area contributed by atoms with Crippen molar-refractivity contribution < 1.29 is 19.3 Å². The number of ether oxygens (including phenoxy) is 3. The highest BCUT2D eigenvalue weighted by Crippen LogP contribution is 2.42. The number of rotatable bonds is 8. The summed E-state index contributed by atoms with van der Waals surface area (Å²) in [6.45, 7) is 18.7. The van der Waals surface area contributed by atoms with E-state index in [1.54, 1.807) is 14.2 Å². The predicted molar refractivity (Wildman–Crippen MR) is 187 cm³/mol. The second kappa shape index (κ2) is 15.1. The van der Waals surface area contributed by atoms with Crippen LogP contribution in [0.5, 0.6) is 23.0 Å². The Labute approximate surface area is 278 Å². The number of aromatic hydroxyl groups is 1. The first-order valence-electron chi connectivity index (χ1n) is 17.6. The molecule has 1 N–H and O–H groups in total. The van der Waals surface area contributed by atoms with E-state index in [0.717, 1.165) is 68.9 Å². The van der Waals surface area contributed by atoms with Gasteiger partial charge in [-0.3, -0.25) is 9.80 Å². The molecule has 0 unspecified atom stereocenters. The summed E-state index contributed by atoms with van der Waals surface area (Å²) in [7, 11) is 7.88. The van der Waals surface area contributed by atoms with Crippen LogP contribution in [0.2, 0.25) is 0 Å². The van der Waals surface area contributed by atoms with Gasteiger partial charge in [0.2, 0.25) is 0 Å². The number of hydrogen-bond donors (Lipinski definition) is 1. The molecular formula is C38H60N4O4. The molecule has 4 aliphatic rings. The van der Waals surface area contributed by atoms with Crippen LogP contribution >= 0.6 is 0 Å². The molecule has 256 valence electrons. The molecule has 4 aliphatic heterocycles. The molecule has 0 aromatic heterocycles. The zero-order chi connectivity index (χ0) is 33.1. The topological polar surface area (TPSA) is 60.9 Å². The number of methoxy groups -OCH3 is 2. The number of phenolic OH excluding ortho intramolecular Hbond substituents is 1. The van der Waals surface area contributed by atoms with Crippen molar-refractivity contribution in [3.63, 3.8) is 0 Å². The Balaban J connectivity index is 0.000000182. The molecule has 2 saturated heterocycles. The second-order valence-electron chi connectivity index (χ2n) is 14.8. The quantitative estimate of drug-likeness (QED) is 0.378. The molecule has 4 heterocycles. The third-order valence-corrected chi connectivity index (χ3v) is 10.6. The number of phenols is 1. The number of fused-ring (bicyclic) bond motifs is 6. The minimum Gasteiger partial charge on any atom is -0.504 e. The van der Waals surface area contributed by atoms with Crippen molar-refractivity contribution in [2.45, 2.75) is 84.5 Å². The summed E-state index contributed by atoms with van der Waals surface area (Å²) in [5.41, 5.74) is 5.46. The van der Waals surface area contributed by atoms with Crippen molar-refractivity contribution in [1.29, 1.82) is 0 Å². The zero-order valence-corrected chi connectivity index (χ0v) is 30.0. The summed E-state index contributed by atoms with van der Waals surface area (Å²) < 4.78 is 16.7. The van der Waals surface area contributed by atoms with Gasteiger partial charge in [-0.15, -0.1) is 0 Å². The summed E-state index contributed by atoms with van der Waals surface area (Å²) in [4.78, 5) is 10.4. The number of hydrogen-bond acceptors (Lipinski definition) is 8. The first kappa shape index (κ1) is 34.8. The molecule has 8 heteroatoms. The van der Waals surface area contributed by atoms with Gasteiger partial charge in [0.05, 0.1) is 20.8 Å². The fourth-order valence-corrected chi connectivity index (χ4v) is 8.25. The molecule has 0 radical (unpaired) electrons. The molecule has 0 amide bonds. The molecule has 46 heavy (non-hydrogen) atoms. The van der Waals surface area contributed by atoms with Crippen LogP contribution in [-0.4, -0.2) is 111 Å². The van der Waals surface area contributed by atoms with Crippen molar-refractivity contribution in [3.05, 3.63) is 46.5 Å². The molecule has 0 aliphatic carbocycles. The van der Waals surface area contributed by atoms with Crippen LogP contribution in [0.3, 0.4) is 0 Å². The number of likely N-dealkylation sites (N-methyl/N-ethyl adjacent to an activating group) is 2. The number of piperazine rings is 2. The van der Waals surface area contributed by atoms with Crippen LogP contribution in [-0.2, 0) is 12.8 Å². The lowest BCUT2D eigenvalue weighted by Crippen LogP contribution is -2.55. The molecule has 2 aromatic carbocycles. The van der Waals surface area contributed by atoms with Crippen molar-refractivity contribution in [2.24, 2.45) is 11.8 Å². The Morgan fingerprint density at radius 2 is 1.17 bits per heavy atom. The first-order valence-corrected chi connectivity index (χ1v) is 17.6. The maximum Gasteiger partial charge on any atom is 0.161 e. The van der Waals surface area contributed by atoms with Gasteiger partial charge >= 0.3 is 0 Å². The minimum absolute atomic E-state index is 0.261. The van der Waals surface area contributed by atoms with Crippen molar-refractivity contribution in [3.8, 4) is 23.0 Å². The van der Waals surface area contributed by atoms with Crippen LogP contribution in [0.4, 0.5) is 0 Å². The van der Waals surface area contributed by atoms with Gasteiger partial charge in [-0.1, -0.05) is 27.7 Å². The van der Waals surface area contributed by atoms with Gasteiger partial charge in [-0.2, -0.15) is 0 Å². The summed E-state index contributed by atoms with van der Waals surface area (Å²) in [6, 6.07) is 10.6. The first-order chi connectivity index (χ1) is 22.0. The van der Waals surface area contributed by atoms with Crippen molar-refractivity contribution in [2.75, 3.05) is 74.2 Å². The molecule has 0 bridgehead atoms. The van der Waals surface area contributed by atoms with E-state index < -0.39 is 0 Å². The average molecular weight is 637 g/mol. The van der Waals surface area contributed by atoms with E-state index in [4.69, 9.17) is 14.2 Å². The summed E-state index contributed by atoms with van der Waals surface area (Å²) in [5.74, 6) is 4.08. The van der Waals surface area contributed by atoms with Gasteiger partial charge in [0.15, 0.2) is 23.0 Å². The standard InChI is InChI=1S/C20H32N2O2.C18H28N2O2/c1-6-24-20-10-15-7-8-22-12-16(9-14(2)3)21(4)13-18(22)17(15)11-19(20)23-5;1-12(2)7-14-10-20-6-5-13-8-17(21)18(22-4)9-15(13)16(20)11-19(14)3/h10-11,14,16,18H,6-9,12-13H2,1-5H3;8-9,12,14,16,21H,5-7,10-11H2,1-4H3/t16-,18-;14-,16-/m11/s1. The maximum atomic E-state index is 10.0. The lowest BCUT2D eigenvalue weighted by molar-refractivity contribution is 0.0294. The van der Waals surface area contributed by atoms with Gasteiger partial charge in [-0.05, 0) is 105 Å². The Morgan fingerprint density at radius 1 is 0.696 bits per heavy atom. The largest absolute Gasteiger partial charge is 0.504 e. The van der Waals surface area contributed by atoms with Gasteiger partial charge in [-0.25, -0.2) is 0 Å². The van der Waals surface area contributed by atoms with E-state index in [-0.39, 0.29) is 5.75 Å². The molecule has 0 saturated carbocycles. The van der Waals surface area contributed by atoms with Gasteiger partial charge < -0.3 is 29.1 Å². The molecule has 6 rings (SSSR count). The SMILES string of the molecule is CCOc1cc2c(cc1OC)[C@H]1CN(C)[C@H](CC(C)C)CN1CC2.COc1cc2c(cc1O)CCN1C[C@@H](CC(C)C)N(C)C[C@H]21. The smallest absolute Gasteiger partial charge is 0.161 e. The molecule has 4 atom stereocenters. The van der Waals surface area contributed by atoms with Gasteiger partial charge in [0, 0.05) is 63.4 Å². The van der Waals surface area contributed by atoms with Crippen molar-refractivity contribution >= 4 is 0 Å². The lowest BCUT2D eigenvalue weighted by atomic mass is 9.88. The van der Waals surface area contributed by atoms with Crippen LogP contribution in [0.1, 0.15) is 81.8 Å². The monoisotopic (exact) mass is 636 g/mol. The predicted octanol–water partition coefficient (Wildman–Crippen LogP) is 6.01. The molecular weight excluding hydrogens is 576 g/mol. The highest BCUT2D eigenvalue weighted by atomic mass is 16.5. The van der Waals surface area contributed by atoms with Crippen LogP contribution < -0.4 is 14.2 Å². The van der Waals surface area contributed by atoms with E-state index in [1.807, 2.05) is 19.1 Å². The maximum absolute atomic E-state index is 10.0. The Bertz CT molecular complexity index is 1320. The summed E-state index contributed by atoms with van der Waals surface area (Å²) >= 11 is 0. The molecule has 8 nitrogen and oxygen atoms in total. The van der Waals surface area contributed by atoms with Crippen molar-refractivity contribution in [1.82, 2.24) is 19.6 Å². The van der Waals surface area contributed by atoms with E-state index in [9.17, 15) is 5.11 Å².